The van der Waals surface area contributed by atoms with Crippen LogP contribution in [0.1, 0.15) is 42.6 Å². The SMILES string of the molecule is O=C(COC(=O)c1cc2ccccc2[nH]1)NC(=O)NC1CCCCC1. The van der Waals surface area contributed by atoms with E-state index in [1.165, 1.54) is 6.42 Å². The van der Waals surface area contributed by atoms with E-state index in [1.807, 2.05) is 24.3 Å². The predicted octanol–water partition coefficient (Wildman–Crippen LogP) is 2.48. The van der Waals surface area contributed by atoms with Gasteiger partial charge in [-0.05, 0) is 25.0 Å². The quantitative estimate of drug-likeness (QED) is 0.743. The Labute approximate surface area is 145 Å². The number of hydrogen-bond donors (Lipinski definition) is 3. The largest absolute Gasteiger partial charge is 0.451 e. The number of fused-ring (bicyclic) bond motifs is 1. The van der Waals surface area contributed by atoms with Crippen molar-refractivity contribution in [3.05, 3.63) is 36.0 Å². The second-order valence-corrected chi connectivity index (χ2v) is 6.20. The summed E-state index contributed by atoms with van der Waals surface area (Å²) in [5.74, 6) is -1.29. The molecule has 2 aromatic rings. The Balaban J connectivity index is 1.44. The Morgan fingerprint density at radius 2 is 1.88 bits per heavy atom. The number of esters is 1. The van der Waals surface area contributed by atoms with Crippen molar-refractivity contribution >= 4 is 28.8 Å². The molecule has 1 aromatic carbocycles. The van der Waals surface area contributed by atoms with Crippen molar-refractivity contribution in [1.29, 1.82) is 0 Å². The highest BCUT2D eigenvalue weighted by molar-refractivity contribution is 5.98. The molecule has 0 aliphatic heterocycles. The highest BCUT2D eigenvalue weighted by Crippen LogP contribution is 2.17. The van der Waals surface area contributed by atoms with Gasteiger partial charge in [0.2, 0.25) is 0 Å². The lowest BCUT2D eigenvalue weighted by atomic mass is 9.96. The topological polar surface area (TPSA) is 100 Å². The molecule has 1 heterocycles. The van der Waals surface area contributed by atoms with Crippen LogP contribution in [0.5, 0.6) is 0 Å². The molecule has 0 spiro atoms. The molecule has 0 unspecified atom stereocenters. The summed E-state index contributed by atoms with van der Waals surface area (Å²) >= 11 is 0. The summed E-state index contributed by atoms with van der Waals surface area (Å²) in [4.78, 5) is 38.4. The molecule has 3 N–H and O–H groups in total. The molecule has 0 radical (unpaired) electrons. The highest BCUT2D eigenvalue weighted by atomic mass is 16.5. The van der Waals surface area contributed by atoms with Gasteiger partial charge in [0.25, 0.3) is 5.91 Å². The molecule has 1 saturated carbocycles. The number of amides is 3. The number of carbonyl (C=O) groups excluding carboxylic acids is 3. The number of H-pyrrole nitrogens is 1. The van der Waals surface area contributed by atoms with Gasteiger partial charge in [0.15, 0.2) is 6.61 Å². The second-order valence-electron chi connectivity index (χ2n) is 6.20. The summed E-state index contributed by atoms with van der Waals surface area (Å²) < 4.78 is 4.95. The van der Waals surface area contributed by atoms with Crippen molar-refractivity contribution < 1.29 is 19.1 Å². The van der Waals surface area contributed by atoms with Crippen molar-refractivity contribution in [2.45, 2.75) is 38.1 Å². The van der Waals surface area contributed by atoms with Crippen molar-refractivity contribution in [1.82, 2.24) is 15.6 Å². The number of imide groups is 1. The lowest BCUT2D eigenvalue weighted by Gasteiger charge is -2.22. The number of hydrogen-bond acceptors (Lipinski definition) is 4. The van der Waals surface area contributed by atoms with Crippen LogP contribution in [0.15, 0.2) is 30.3 Å². The van der Waals surface area contributed by atoms with Gasteiger partial charge in [0, 0.05) is 16.9 Å². The first-order valence-corrected chi connectivity index (χ1v) is 8.47. The van der Waals surface area contributed by atoms with Crippen molar-refractivity contribution in [3.8, 4) is 0 Å². The normalized spacial score (nSPS) is 14.9. The Morgan fingerprint density at radius 1 is 1.12 bits per heavy atom. The molecule has 0 bridgehead atoms. The number of para-hydroxylation sites is 1. The summed E-state index contributed by atoms with van der Waals surface area (Å²) in [5.41, 5.74) is 1.08. The van der Waals surface area contributed by atoms with Crippen LogP contribution in [0.4, 0.5) is 4.79 Å². The van der Waals surface area contributed by atoms with Gasteiger partial charge >= 0.3 is 12.0 Å². The van der Waals surface area contributed by atoms with E-state index in [0.717, 1.165) is 36.6 Å². The van der Waals surface area contributed by atoms with Gasteiger partial charge in [0.1, 0.15) is 5.69 Å². The molecule has 132 valence electrons. The van der Waals surface area contributed by atoms with Crippen LogP contribution >= 0.6 is 0 Å². The lowest BCUT2D eigenvalue weighted by molar-refractivity contribution is -0.123. The Hall–Kier alpha value is -2.83. The maximum atomic E-state index is 12.0. The van der Waals surface area contributed by atoms with Crippen molar-refractivity contribution in [2.75, 3.05) is 6.61 Å². The van der Waals surface area contributed by atoms with Gasteiger partial charge in [-0.3, -0.25) is 10.1 Å². The van der Waals surface area contributed by atoms with E-state index in [9.17, 15) is 14.4 Å². The molecular formula is C18H21N3O4. The lowest BCUT2D eigenvalue weighted by Crippen LogP contribution is -2.46. The maximum Gasteiger partial charge on any atom is 0.355 e. The fourth-order valence-electron chi connectivity index (χ4n) is 3.02. The van der Waals surface area contributed by atoms with Crippen LogP contribution in [0.25, 0.3) is 10.9 Å². The third-order valence-electron chi connectivity index (χ3n) is 4.28. The molecule has 1 aliphatic rings. The summed E-state index contributed by atoms with van der Waals surface area (Å²) in [6, 6.07) is 8.65. The molecule has 3 rings (SSSR count). The van der Waals surface area contributed by atoms with Crippen LogP contribution in [0.3, 0.4) is 0 Å². The standard InChI is InChI=1S/C18H21N3O4/c22-16(21-18(24)19-13-7-2-1-3-8-13)11-25-17(23)15-10-12-6-4-5-9-14(12)20-15/h4-6,9-10,13,20H,1-3,7-8,11H2,(H2,19,21,22,24). The predicted molar refractivity (Wildman–Crippen MR) is 92.1 cm³/mol. The Kier molecular flexibility index (Phi) is 5.33. The molecule has 1 fully saturated rings. The summed E-state index contributed by atoms with van der Waals surface area (Å²) in [7, 11) is 0. The van der Waals surface area contributed by atoms with E-state index in [0.29, 0.717) is 0 Å². The number of aromatic amines is 1. The van der Waals surface area contributed by atoms with E-state index >= 15 is 0 Å². The fourth-order valence-corrected chi connectivity index (χ4v) is 3.02. The zero-order chi connectivity index (χ0) is 17.6. The number of aromatic nitrogens is 1. The molecule has 7 nitrogen and oxygen atoms in total. The van der Waals surface area contributed by atoms with Crippen molar-refractivity contribution in [3.63, 3.8) is 0 Å². The number of urea groups is 1. The van der Waals surface area contributed by atoms with Gasteiger partial charge in [-0.1, -0.05) is 37.5 Å². The zero-order valence-electron chi connectivity index (χ0n) is 13.8. The third-order valence-corrected chi connectivity index (χ3v) is 4.28. The third kappa shape index (κ3) is 4.59. The van der Waals surface area contributed by atoms with Gasteiger partial charge in [-0.15, -0.1) is 0 Å². The average Bonchev–Trinajstić information content (AvgIpc) is 3.04. The monoisotopic (exact) mass is 343 g/mol. The fraction of sp³-hybridized carbons (Fsp3) is 0.389. The summed E-state index contributed by atoms with van der Waals surface area (Å²) in [6.07, 6.45) is 5.21. The Morgan fingerprint density at radius 3 is 2.64 bits per heavy atom. The van der Waals surface area contributed by atoms with Gasteiger partial charge in [-0.2, -0.15) is 0 Å². The molecule has 1 aliphatic carbocycles. The number of nitrogens with one attached hydrogen (secondary N) is 3. The Bertz CT molecular complexity index is 744. The smallest absolute Gasteiger partial charge is 0.355 e. The molecule has 25 heavy (non-hydrogen) atoms. The summed E-state index contributed by atoms with van der Waals surface area (Å²) in [6.45, 7) is -0.508. The van der Waals surface area contributed by atoms with Crippen LogP contribution in [-0.2, 0) is 9.53 Å². The maximum absolute atomic E-state index is 12.0. The van der Waals surface area contributed by atoms with E-state index in [-0.39, 0.29) is 11.7 Å². The minimum Gasteiger partial charge on any atom is -0.451 e. The summed E-state index contributed by atoms with van der Waals surface area (Å²) in [5, 5.41) is 5.83. The molecule has 1 aromatic heterocycles. The first kappa shape index (κ1) is 17.0. The molecule has 0 atom stereocenters. The van der Waals surface area contributed by atoms with Gasteiger partial charge in [0.05, 0.1) is 0 Å². The molecule has 3 amide bonds. The molecular weight excluding hydrogens is 322 g/mol. The average molecular weight is 343 g/mol. The van der Waals surface area contributed by atoms with Crippen LogP contribution in [0.2, 0.25) is 0 Å². The first-order chi connectivity index (χ1) is 12.1. The van der Waals surface area contributed by atoms with E-state index in [1.54, 1.807) is 6.07 Å². The highest BCUT2D eigenvalue weighted by Gasteiger charge is 2.18. The van der Waals surface area contributed by atoms with Crippen LogP contribution < -0.4 is 10.6 Å². The minimum absolute atomic E-state index is 0.107. The zero-order valence-corrected chi connectivity index (χ0v) is 13.8. The minimum atomic E-state index is -0.655. The van der Waals surface area contributed by atoms with Crippen LogP contribution in [-0.4, -0.2) is 35.5 Å². The van der Waals surface area contributed by atoms with E-state index in [2.05, 4.69) is 15.6 Å². The number of carbonyl (C=O) groups is 3. The number of rotatable bonds is 4. The van der Waals surface area contributed by atoms with Gasteiger partial charge in [-0.25, -0.2) is 9.59 Å². The number of benzene rings is 1. The van der Waals surface area contributed by atoms with Crippen molar-refractivity contribution in [2.24, 2.45) is 0 Å². The van der Waals surface area contributed by atoms with E-state index in [4.69, 9.17) is 4.74 Å². The molecule has 0 saturated heterocycles. The first-order valence-electron chi connectivity index (χ1n) is 8.47. The van der Waals surface area contributed by atoms with Crippen LogP contribution in [0, 0.1) is 0 Å². The van der Waals surface area contributed by atoms with Gasteiger partial charge < -0.3 is 15.0 Å². The van der Waals surface area contributed by atoms with E-state index < -0.39 is 24.5 Å². The number of ether oxygens (including phenoxy) is 1. The second kappa shape index (κ2) is 7.83. The molecule has 7 heteroatoms.